The average molecular weight is 640 g/mol. The summed E-state index contributed by atoms with van der Waals surface area (Å²) in [5, 5.41) is 0. The number of nitrogens with zero attached hydrogens (tertiary/aromatic N) is 1. The van der Waals surface area contributed by atoms with Gasteiger partial charge in [0.25, 0.3) is 0 Å². The van der Waals surface area contributed by atoms with Crippen molar-refractivity contribution in [1.82, 2.24) is 0 Å². The second kappa shape index (κ2) is 8.74. The van der Waals surface area contributed by atoms with Gasteiger partial charge in [-0.15, -0.1) is 0 Å². The molecule has 9 heteroatoms. The molecule has 0 spiro atoms. The molecule has 3 aliphatic rings. The number of carbonyl (C=O) groups is 4. The smallest absolute Gasteiger partial charge is 0.338 e. The first-order valence-corrected chi connectivity index (χ1v) is 13.1. The summed E-state index contributed by atoms with van der Waals surface area (Å²) in [6.45, 7) is -0.376. The van der Waals surface area contributed by atoms with E-state index in [2.05, 4.69) is 47.8 Å². The molecule has 170 valence electrons. The molecule has 3 fully saturated rings. The Morgan fingerprint density at radius 3 is 1.91 bits per heavy atom. The molecular weight excluding hydrogens is 622 g/mol. The van der Waals surface area contributed by atoms with Crippen molar-refractivity contribution in [2.75, 3.05) is 11.5 Å². The van der Waals surface area contributed by atoms with Crippen LogP contribution in [0.25, 0.3) is 0 Å². The molecule has 2 aliphatic carbocycles. The minimum atomic E-state index is -0.648. The van der Waals surface area contributed by atoms with Crippen molar-refractivity contribution in [2.24, 2.45) is 23.7 Å². The topological polar surface area (TPSA) is 80.8 Å². The van der Waals surface area contributed by atoms with Crippen molar-refractivity contribution in [3.8, 4) is 0 Å². The van der Waals surface area contributed by atoms with Crippen LogP contribution in [-0.2, 0) is 14.3 Å². The summed E-state index contributed by atoms with van der Waals surface area (Å²) in [6, 6.07) is 12.9. The van der Waals surface area contributed by atoms with E-state index in [-0.39, 0.29) is 63.1 Å². The predicted molar refractivity (Wildman–Crippen MR) is 132 cm³/mol. The summed E-state index contributed by atoms with van der Waals surface area (Å²) in [4.78, 5) is 52.5. The Labute approximate surface area is 215 Å². The number of ether oxygens (including phenoxy) is 1. The monoisotopic (exact) mass is 637 g/mol. The quantitative estimate of drug-likeness (QED) is 0.204. The number of imide groups is 1. The van der Waals surface area contributed by atoms with Gasteiger partial charge in [-0.2, -0.15) is 0 Å². The lowest BCUT2D eigenvalue weighted by Gasteiger charge is -2.28. The maximum absolute atomic E-state index is 13.1. The number of fused-ring (bicyclic) bond motifs is 5. The second-order valence-electron chi connectivity index (χ2n) is 8.57. The molecule has 6 atom stereocenters. The number of anilines is 1. The van der Waals surface area contributed by atoms with Gasteiger partial charge in [0.2, 0.25) is 11.8 Å². The van der Waals surface area contributed by atoms with Crippen molar-refractivity contribution in [3.63, 3.8) is 0 Å². The van der Waals surface area contributed by atoms with E-state index in [1.807, 2.05) is 0 Å². The molecule has 0 radical (unpaired) electrons. The van der Waals surface area contributed by atoms with E-state index in [4.69, 9.17) is 4.74 Å². The van der Waals surface area contributed by atoms with Crippen LogP contribution >= 0.6 is 47.8 Å². The Morgan fingerprint density at radius 2 is 1.36 bits per heavy atom. The molecule has 1 saturated heterocycles. The highest BCUT2D eigenvalue weighted by atomic mass is 79.9. The first-order valence-electron chi connectivity index (χ1n) is 10.5. The Kier molecular flexibility index (Phi) is 6.07. The van der Waals surface area contributed by atoms with E-state index in [0.717, 1.165) is 10.9 Å². The molecule has 2 aromatic rings. The largest absolute Gasteiger partial charge is 0.454 e. The number of hydrogen-bond acceptors (Lipinski definition) is 5. The highest BCUT2D eigenvalue weighted by Crippen LogP contribution is 2.60. The standard InChI is InChI=1S/C24H18Br3NO5/c25-13-5-1-11(2-6-13)17(29)10-33-24(32)12-3-7-14(8-4-12)28-22(30)18-15-9-16(19(18)23(28)31)21(27)20(15)26/h1-8,15-16,18-21H,9-10H2/t15-,16-,18-,19-,20-,21+/m1/s1. The van der Waals surface area contributed by atoms with Crippen molar-refractivity contribution in [2.45, 2.75) is 16.1 Å². The lowest BCUT2D eigenvalue weighted by atomic mass is 9.81. The zero-order chi connectivity index (χ0) is 23.4. The molecular formula is C24H18Br3NO5. The highest BCUT2D eigenvalue weighted by Gasteiger charge is 2.66. The number of amides is 2. The molecule has 2 aromatic carbocycles. The Morgan fingerprint density at radius 1 is 0.848 bits per heavy atom. The van der Waals surface area contributed by atoms with Crippen molar-refractivity contribution in [3.05, 3.63) is 64.1 Å². The molecule has 5 rings (SSSR count). The maximum Gasteiger partial charge on any atom is 0.338 e. The molecule has 2 saturated carbocycles. The van der Waals surface area contributed by atoms with Gasteiger partial charge in [0.15, 0.2) is 12.4 Å². The molecule has 1 heterocycles. The van der Waals surface area contributed by atoms with Crippen LogP contribution in [-0.4, -0.2) is 39.8 Å². The van der Waals surface area contributed by atoms with Gasteiger partial charge in [-0.1, -0.05) is 59.9 Å². The van der Waals surface area contributed by atoms with Gasteiger partial charge < -0.3 is 4.74 Å². The van der Waals surface area contributed by atoms with E-state index in [0.29, 0.717) is 11.3 Å². The number of ketones is 1. The predicted octanol–water partition coefficient (Wildman–Crippen LogP) is 4.77. The molecule has 6 nitrogen and oxygen atoms in total. The van der Waals surface area contributed by atoms with E-state index >= 15 is 0 Å². The SMILES string of the molecule is O=C(COC(=O)c1ccc(N2C(=O)[C@@H]3[C@H]4C[C@@H]([C@@H](Br)[C@H]4Br)[C@H]3C2=O)cc1)c1ccc(Br)cc1. The molecule has 2 bridgehead atoms. The summed E-state index contributed by atoms with van der Waals surface area (Å²) in [5.74, 6) is -1.60. The maximum atomic E-state index is 13.1. The average Bonchev–Trinajstić information content (AvgIpc) is 3.42. The van der Waals surface area contributed by atoms with Crippen LogP contribution in [0, 0.1) is 23.7 Å². The third kappa shape index (κ3) is 3.82. The van der Waals surface area contributed by atoms with Gasteiger partial charge in [-0.05, 0) is 54.7 Å². The lowest BCUT2D eigenvalue weighted by molar-refractivity contribution is -0.123. The van der Waals surface area contributed by atoms with Crippen LogP contribution in [0.3, 0.4) is 0 Å². The molecule has 1 aliphatic heterocycles. The number of carbonyl (C=O) groups excluding carboxylic acids is 4. The lowest BCUT2D eigenvalue weighted by Crippen LogP contribution is -2.37. The number of halogens is 3. The number of rotatable bonds is 5. The zero-order valence-corrected chi connectivity index (χ0v) is 21.9. The summed E-state index contributed by atoms with van der Waals surface area (Å²) >= 11 is 10.7. The molecule has 33 heavy (non-hydrogen) atoms. The van der Waals surface area contributed by atoms with Crippen molar-refractivity contribution in [1.29, 1.82) is 0 Å². The van der Waals surface area contributed by atoms with Gasteiger partial charge in [-0.25, -0.2) is 4.79 Å². The van der Waals surface area contributed by atoms with Gasteiger partial charge >= 0.3 is 5.97 Å². The van der Waals surface area contributed by atoms with Crippen LogP contribution in [0.1, 0.15) is 27.1 Å². The van der Waals surface area contributed by atoms with Gasteiger partial charge in [0.1, 0.15) is 0 Å². The molecule has 2 amide bonds. The minimum absolute atomic E-state index is 0.142. The van der Waals surface area contributed by atoms with Crippen LogP contribution in [0.2, 0.25) is 0 Å². The van der Waals surface area contributed by atoms with Crippen molar-refractivity contribution >= 4 is 77.0 Å². The first kappa shape index (κ1) is 22.9. The summed E-state index contributed by atoms with van der Waals surface area (Å²) < 4.78 is 5.99. The van der Waals surface area contributed by atoms with Gasteiger partial charge in [-0.3, -0.25) is 19.3 Å². The number of Topliss-reactive ketones (excluding diaryl/α,β-unsaturated/α-hetero) is 1. The van der Waals surface area contributed by atoms with Crippen LogP contribution < -0.4 is 4.90 Å². The van der Waals surface area contributed by atoms with Crippen LogP contribution in [0.4, 0.5) is 5.69 Å². The van der Waals surface area contributed by atoms with Gasteiger partial charge in [0, 0.05) is 19.7 Å². The molecule has 0 aromatic heterocycles. The number of alkyl halides is 2. The minimum Gasteiger partial charge on any atom is -0.454 e. The first-order chi connectivity index (χ1) is 15.8. The second-order valence-corrected chi connectivity index (χ2v) is 11.6. The van der Waals surface area contributed by atoms with E-state index in [1.54, 1.807) is 36.4 Å². The number of benzene rings is 2. The fourth-order valence-electron chi connectivity index (χ4n) is 5.28. The van der Waals surface area contributed by atoms with Crippen LogP contribution in [0.15, 0.2) is 53.0 Å². The zero-order valence-electron chi connectivity index (χ0n) is 17.1. The fraction of sp³-hybridized carbons (Fsp3) is 0.333. The van der Waals surface area contributed by atoms with E-state index < -0.39 is 5.97 Å². The fourth-order valence-corrected chi connectivity index (χ4v) is 7.42. The highest BCUT2D eigenvalue weighted by molar-refractivity contribution is 9.12. The summed E-state index contributed by atoms with van der Waals surface area (Å²) in [7, 11) is 0. The molecule has 0 unspecified atom stereocenters. The summed E-state index contributed by atoms with van der Waals surface area (Å²) in [6.07, 6.45) is 0.871. The van der Waals surface area contributed by atoms with E-state index in [1.165, 1.54) is 17.0 Å². The Bertz CT molecular complexity index is 1120. The van der Waals surface area contributed by atoms with Crippen molar-refractivity contribution < 1.29 is 23.9 Å². The van der Waals surface area contributed by atoms with E-state index in [9.17, 15) is 19.2 Å². The summed E-state index contributed by atoms with van der Waals surface area (Å²) in [5.41, 5.74) is 1.13. The Hall–Kier alpha value is -1.84. The molecule has 0 N–H and O–H groups in total. The van der Waals surface area contributed by atoms with Crippen LogP contribution in [0.5, 0.6) is 0 Å². The number of hydrogen-bond donors (Lipinski definition) is 0. The third-order valence-electron chi connectivity index (χ3n) is 6.85. The normalized spacial score (nSPS) is 30.0. The Balaban J connectivity index is 1.26. The number of esters is 1. The third-order valence-corrected chi connectivity index (χ3v) is 10.6. The van der Waals surface area contributed by atoms with Gasteiger partial charge in [0.05, 0.1) is 23.1 Å².